The molecule has 0 unspecified atom stereocenters. The number of ether oxygens (including phenoxy) is 1. The summed E-state index contributed by atoms with van der Waals surface area (Å²) in [5, 5.41) is 2.15. The lowest BCUT2D eigenvalue weighted by Gasteiger charge is -2.26. The molecule has 0 saturated carbocycles. The van der Waals surface area contributed by atoms with E-state index < -0.39 is 0 Å². The fourth-order valence-electron chi connectivity index (χ4n) is 1.98. The molecule has 16 heavy (non-hydrogen) atoms. The molecule has 88 valence electrons. The fourth-order valence-corrected chi connectivity index (χ4v) is 2.87. The van der Waals surface area contributed by atoms with Crippen LogP contribution < -0.4 is 0 Å². The highest BCUT2D eigenvalue weighted by Crippen LogP contribution is 2.23. The molecule has 0 fully saturated rings. The van der Waals surface area contributed by atoms with Crippen molar-refractivity contribution in [1.29, 1.82) is 0 Å². The fraction of sp³-hybridized carbons (Fsp3) is 0.583. The van der Waals surface area contributed by atoms with Crippen LogP contribution in [0.1, 0.15) is 23.8 Å². The summed E-state index contributed by atoms with van der Waals surface area (Å²) in [5.74, 6) is -0.0846. The summed E-state index contributed by atoms with van der Waals surface area (Å²) in [6, 6.07) is 2.19. The summed E-state index contributed by atoms with van der Waals surface area (Å²) >= 11 is 1.84. The van der Waals surface area contributed by atoms with Gasteiger partial charge in [-0.1, -0.05) is 0 Å². The van der Waals surface area contributed by atoms with Crippen molar-refractivity contribution in [1.82, 2.24) is 4.90 Å². The molecule has 0 spiro atoms. The molecule has 1 aromatic heterocycles. The Labute approximate surface area is 100 Å². The molecule has 0 amide bonds. The minimum atomic E-state index is -0.0846. The van der Waals surface area contributed by atoms with Gasteiger partial charge in [0.05, 0.1) is 13.0 Å². The van der Waals surface area contributed by atoms with Gasteiger partial charge in [0, 0.05) is 24.5 Å². The van der Waals surface area contributed by atoms with Crippen LogP contribution in [0.3, 0.4) is 0 Å². The minimum Gasteiger partial charge on any atom is -0.466 e. The highest BCUT2D eigenvalue weighted by atomic mass is 32.1. The van der Waals surface area contributed by atoms with Crippen LogP contribution in [-0.2, 0) is 22.5 Å². The van der Waals surface area contributed by atoms with Crippen molar-refractivity contribution in [3.8, 4) is 0 Å². The Hall–Kier alpha value is -0.870. The highest BCUT2D eigenvalue weighted by Gasteiger charge is 2.17. The maximum Gasteiger partial charge on any atom is 0.307 e. The van der Waals surface area contributed by atoms with E-state index in [2.05, 4.69) is 16.3 Å². The average molecular weight is 239 g/mol. The summed E-state index contributed by atoms with van der Waals surface area (Å²) in [7, 11) is 0. The van der Waals surface area contributed by atoms with Gasteiger partial charge >= 0.3 is 5.97 Å². The van der Waals surface area contributed by atoms with Crippen LogP contribution in [0, 0.1) is 0 Å². The van der Waals surface area contributed by atoms with Gasteiger partial charge in [0.2, 0.25) is 0 Å². The van der Waals surface area contributed by atoms with Crippen LogP contribution in [0.15, 0.2) is 11.4 Å². The van der Waals surface area contributed by atoms with Crippen molar-refractivity contribution in [2.45, 2.75) is 26.3 Å². The normalized spacial score (nSPS) is 15.8. The number of nitrogens with zero attached hydrogens (tertiary/aromatic N) is 1. The van der Waals surface area contributed by atoms with E-state index in [0.717, 1.165) is 26.1 Å². The van der Waals surface area contributed by atoms with E-state index in [9.17, 15) is 4.79 Å². The maximum atomic E-state index is 11.2. The molecule has 4 heteroatoms. The van der Waals surface area contributed by atoms with Crippen molar-refractivity contribution in [3.05, 3.63) is 21.9 Å². The number of fused-ring (bicyclic) bond motifs is 1. The molecule has 2 rings (SSSR count). The predicted octanol–water partition coefficient (Wildman–Crippen LogP) is 2.06. The highest BCUT2D eigenvalue weighted by molar-refractivity contribution is 7.10. The Kier molecular flexibility index (Phi) is 3.96. The third kappa shape index (κ3) is 2.83. The number of hydrogen-bond acceptors (Lipinski definition) is 4. The lowest BCUT2D eigenvalue weighted by molar-refractivity contribution is -0.143. The van der Waals surface area contributed by atoms with Crippen LogP contribution in [0.2, 0.25) is 0 Å². The van der Waals surface area contributed by atoms with Crippen molar-refractivity contribution < 1.29 is 9.53 Å². The third-order valence-electron chi connectivity index (χ3n) is 2.82. The van der Waals surface area contributed by atoms with Crippen LogP contribution >= 0.6 is 11.3 Å². The Balaban J connectivity index is 1.79. The Morgan fingerprint density at radius 2 is 2.50 bits per heavy atom. The first-order valence-corrected chi connectivity index (χ1v) is 6.60. The summed E-state index contributed by atoms with van der Waals surface area (Å²) in [6.45, 7) is 5.18. The summed E-state index contributed by atoms with van der Waals surface area (Å²) < 4.78 is 4.92. The smallest absolute Gasteiger partial charge is 0.307 e. The Morgan fingerprint density at radius 1 is 1.62 bits per heavy atom. The van der Waals surface area contributed by atoms with Gasteiger partial charge in [-0.25, -0.2) is 0 Å². The second-order valence-corrected chi connectivity index (χ2v) is 4.95. The maximum absolute atomic E-state index is 11.2. The third-order valence-corrected chi connectivity index (χ3v) is 3.85. The van der Waals surface area contributed by atoms with E-state index in [0.29, 0.717) is 13.0 Å². The molecule has 1 aliphatic rings. The molecule has 0 N–H and O–H groups in total. The number of esters is 1. The second-order valence-electron chi connectivity index (χ2n) is 3.95. The first kappa shape index (κ1) is 11.6. The lowest BCUT2D eigenvalue weighted by Crippen LogP contribution is -2.31. The minimum absolute atomic E-state index is 0.0846. The molecule has 0 aromatic carbocycles. The van der Waals surface area contributed by atoms with Crippen LogP contribution in [0.25, 0.3) is 0 Å². The largest absolute Gasteiger partial charge is 0.466 e. The molecule has 1 aromatic rings. The Morgan fingerprint density at radius 3 is 3.31 bits per heavy atom. The van der Waals surface area contributed by atoms with Gasteiger partial charge in [-0.05, 0) is 30.4 Å². The number of thiophene rings is 1. The van der Waals surface area contributed by atoms with Crippen molar-refractivity contribution >= 4 is 17.3 Å². The zero-order valence-corrected chi connectivity index (χ0v) is 10.4. The SMILES string of the molecule is CCOC(=O)CCN1CCc2sccc2C1. The standard InChI is InChI=1S/C12H17NO2S/c1-2-15-12(14)4-7-13-6-3-11-10(9-13)5-8-16-11/h5,8H,2-4,6-7,9H2,1H3. The van der Waals surface area contributed by atoms with E-state index in [-0.39, 0.29) is 5.97 Å². The van der Waals surface area contributed by atoms with Crippen molar-refractivity contribution in [2.75, 3.05) is 19.7 Å². The summed E-state index contributed by atoms with van der Waals surface area (Å²) in [4.78, 5) is 15.1. The lowest BCUT2D eigenvalue weighted by atomic mass is 10.1. The number of carbonyl (C=O) groups is 1. The van der Waals surface area contributed by atoms with E-state index >= 15 is 0 Å². The van der Waals surface area contributed by atoms with Crippen LogP contribution in [0.5, 0.6) is 0 Å². The molecule has 0 saturated heterocycles. The number of carbonyl (C=O) groups excluding carboxylic acids is 1. The van der Waals surface area contributed by atoms with Crippen LogP contribution in [-0.4, -0.2) is 30.6 Å². The molecule has 0 bridgehead atoms. The summed E-state index contributed by atoms with van der Waals surface area (Å²) in [5.41, 5.74) is 1.43. The molecular weight excluding hydrogens is 222 g/mol. The molecule has 1 aliphatic heterocycles. The van der Waals surface area contributed by atoms with Gasteiger partial charge in [-0.2, -0.15) is 0 Å². The molecule has 0 radical (unpaired) electrons. The van der Waals surface area contributed by atoms with Gasteiger partial charge in [0.1, 0.15) is 0 Å². The number of hydrogen-bond donors (Lipinski definition) is 0. The Bertz CT molecular complexity index is 362. The molecule has 3 nitrogen and oxygen atoms in total. The molecule has 0 atom stereocenters. The van der Waals surface area contributed by atoms with Gasteiger partial charge in [0.15, 0.2) is 0 Å². The molecule has 0 aliphatic carbocycles. The van der Waals surface area contributed by atoms with Crippen molar-refractivity contribution in [3.63, 3.8) is 0 Å². The van der Waals surface area contributed by atoms with Gasteiger partial charge in [0.25, 0.3) is 0 Å². The quantitative estimate of drug-likeness (QED) is 0.753. The van der Waals surface area contributed by atoms with E-state index in [1.807, 2.05) is 18.3 Å². The average Bonchev–Trinajstić information content (AvgIpc) is 2.74. The topological polar surface area (TPSA) is 29.5 Å². The number of rotatable bonds is 4. The monoisotopic (exact) mass is 239 g/mol. The predicted molar refractivity (Wildman–Crippen MR) is 64.6 cm³/mol. The van der Waals surface area contributed by atoms with Gasteiger partial charge in [-0.15, -0.1) is 11.3 Å². The van der Waals surface area contributed by atoms with Gasteiger partial charge < -0.3 is 4.74 Å². The zero-order chi connectivity index (χ0) is 11.4. The van der Waals surface area contributed by atoms with E-state index in [4.69, 9.17) is 4.74 Å². The molecular formula is C12H17NO2S. The first-order chi connectivity index (χ1) is 7.79. The van der Waals surface area contributed by atoms with Crippen molar-refractivity contribution in [2.24, 2.45) is 0 Å². The second kappa shape index (κ2) is 5.46. The summed E-state index contributed by atoms with van der Waals surface area (Å²) in [6.07, 6.45) is 1.63. The van der Waals surface area contributed by atoms with E-state index in [1.165, 1.54) is 10.4 Å². The first-order valence-electron chi connectivity index (χ1n) is 5.73. The van der Waals surface area contributed by atoms with Gasteiger partial charge in [-0.3, -0.25) is 9.69 Å². The molecule has 2 heterocycles. The zero-order valence-electron chi connectivity index (χ0n) is 9.57. The van der Waals surface area contributed by atoms with Crippen LogP contribution in [0.4, 0.5) is 0 Å². The van der Waals surface area contributed by atoms with E-state index in [1.54, 1.807) is 0 Å².